The summed E-state index contributed by atoms with van der Waals surface area (Å²) in [7, 11) is 1.63. The fourth-order valence-electron chi connectivity index (χ4n) is 1.59. The number of rotatable bonds is 4. The number of hydrazone groups is 1. The number of ether oxygens (including phenoxy) is 1. The van der Waals surface area contributed by atoms with Crippen molar-refractivity contribution in [1.29, 1.82) is 0 Å². The number of nitrogens with one attached hydrogen (secondary N) is 2. The minimum absolute atomic E-state index is 0.427. The Morgan fingerprint density at radius 2 is 2.00 bits per heavy atom. The Morgan fingerprint density at radius 1 is 1.24 bits per heavy atom. The maximum atomic E-state index is 5.18. The first kappa shape index (κ1) is 15.5. The Kier molecular flexibility index (Phi) is 5.71. The molecule has 0 aliphatic rings. The zero-order valence-electron chi connectivity index (χ0n) is 11.3. The maximum absolute atomic E-state index is 5.18. The van der Waals surface area contributed by atoms with E-state index < -0.39 is 0 Å². The number of halogens is 1. The molecule has 0 saturated heterocycles. The summed E-state index contributed by atoms with van der Waals surface area (Å²) in [6, 6.07) is 15.3. The van der Waals surface area contributed by atoms with Gasteiger partial charge in [-0.1, -0.05) is 34.1 Å². The summed E-state index contributed by atoms with van der Waals surface area (Å²) in [6.07, 6.45) is 1.67. The molecule has 2 aromatic carbocycles. The van der Waals surface area contributed by atoms with E-state index in [4.69, 9.17) is 17.0 Å². The highest BCUT2D eigenvalue weighted by molar-refractivity contribution is 9.10. The third kappa shape index (κ3) is 4.84. The highest BCUT2D eigenvalue weighted by atomic mass is 79.9. The van der Waals surface area contributed by atoms with E-state index in [1.54, 1.807) is 13.3 Å². The van der Waals surface area contributed by atoms with Gasteiger partial charge in [0, 0.05) is 15.7 Å². The van der Waals surface area contributed by atoms with Gasteiger partial charge >= 0.3 is 0 Å². The molecule has 2 aromatic rings. The summed E-state index contributed by atoms with van der Waals surface area (Å²) < 4.78 is 6.10. The summed E-state index contributed by atoms with van der Waals surface area (Å²) in [5.74, 6) is 0.768. The number of methoxy groups -OCH3 is 1. The molecule has 2 N–H and O–H groups in total. The lowest BCUT2D eigenvalue weighted by Crippen LogP contribution is -2.23. The Hall–Kier alpha value is -1.92. The lowest BCUT2D eigenvalue weighted by Gasteiger charge is -2.06. The summed E-state index contributed by atoms with van der Waals surface area (Å²) >= 11 is 8.62. The van der Waals surface area contributed by atoms with Crippen LogP contribution in [0.3, 0.4) is 0 Å². The van der Waals surface area contributed by atoms with Crippen LogP contribution in [0.25, 0.3) is 0 Å². The van der Waals surface area contributed by atoms with Crippen LogP contribution in [0.15, 0.2) is 58.1 Å². The molecule has 0 spiro atoms. The number of anilines is 1. The van der Waals surface area contributed by atoms with Crippen molar-refractivity contribution in [2.24, 2.45) is 5.10 Å². The van der Waals surface area contributed by atoms with Gasteiger partial charge < -0.3 is 10.1 Å². The summed E-state index contributed by atoms with van der Waals surface area (Å²) in [6.45, 7) is 0. The number of hydrogen-bond acceptors (Lipinski definition) is 3. The second-order valence-corrected chi connectivity index (χ2v) is 5.34. The van der Waals surface area contributed by atoms with Crippen molar-refractivity contribution in [2.45, 2.75) is 0 Å². The lowest BCUT2D eigenvalue weighted by molar-refractivity contribution is 0.414. The van der Waals surface area contributed by atoms with Crippen LogP contribution in [-0.2, 0) is 0 Å². The van der Waals surface area contributed by atoms with E-state index in [0.29, 0.717) is 5.11 Å². The molecular weight excluding hydrogens is 350 g/mol. The highest BCUT2D eigenvalue weighted by Crippen LogP contribution is 2.20. The molecule has 0 bridgehead atoms. The topological polar surface area (TPSA) is 45.6 Å². The first-order valence-electron chi connectivity index (χ1n) is 6.17. The van der Waals surface area contributed by atoms with Crippen LogP contribution in [0.5, 0.6) is 5.75 Å². The van der Waals surface area contributed by atoms with E-state index in [1.165, 1.54) is 0 Å². The van der Waals surface area contributed by atoms with E-state index in [1.807, 2.05) is 48.5 Å². The predicted octanol–water partition coefficient (Wildman–Crippen LogP) is 3.78. The van der Waals surface area contributed by atoms with Gasteiger partial charge in [-0.05, 0) is 42.5 Å². The minimum Gasteiger partial charge on any atom is -0.497 e. The first-order chi connectivity index (χ1) is 10.2. The van der Waals surface area contributed by atoms with Gasteiger partial charge in [-0.3, -0.25) is 5.43 Å². The van der Waals surface area contributed by atoms with Crippen molar-refractivity contribution < 1.29 is 4.74 Å². The molecular formula is C15H14BrN3OS. The van der Waals surface area contributed by atoms with E-state index in [0.717, 1.165) is 21.5 Å². The largest absolute Gasteiger partial charge is 0.497 e. The van der Waals surface area contributed by atoms with Gasteiger partial charge in [-0.25, -0.2) is 0 Å². The number of thiocarbonyl (C=S) groups is 1. The summed E-state index contributed by atoms with van der Waals surface area (Å²) in [5, 5.41) is 7.57. The molecule has 0 heterocycles. The number of hydrogen-bond donors (Lipinski definition) is 2. The minimum atomic E-state index is 0.427. The first-order valence-corrected chi connectivity index (χ1v) is 7.38. The fraction of sp³-hybridized carbons (Fsp3) is 0.0667. The fourth-order valence-corrected chi connectivity index (χ4v) is 2.11. The van der Waals surface area contributed by atoms with Crippen molar-refractivity contribution in [2.75, 3.05) is 12.4 Å². The van der Waals surface area contributed by atoms with Crippen molar-refractivity contribution >= 4 is 45.2 Å². The second-order valence-electron chi connectivity index (χ2n) is 4.08. The molecule has 0 fully saturated rings. The monoisotopic (exact) mass is 363 g/mol. The van der Waals surface area contributed by atoms with Gasteiger partial charge in [-0.2, -0.15) is 5.10 Å². The van der Waals surface area contributed by atoms with E-state index in [-0.39, 0.29) is 0 Å². The molecule has 2 rings (SSSR count). The Balaban J connectivity index is 1.94. The average Bonchev–Trinajstić information content (AvgIpc) is 2.50. The molecule has 4 nitrogen and oxygen atoms in total. The van der Waals surface area contributed by atoms with Gasteiger partial charge in [0.15, 0.2) is 5.11 Å². The third-order valence-electron chi connectivity index (χ3n) is 2.60. The molecule has 0 unspecified atom stereocenters. The van der Waals surface area contributed by atoms with Gasteiger partial charge in [0.25, 0.3) is 0 Å². The molecule has 0 aliphatic carbocycles. The predicted molar refractivity (Wildman–Crippen MR) is 94.1 cm³/mol. The second kappa shape index (κ2) is 7.75. The van der Waals surface area contributed by atoms with Gasteiger partial charge in [0.05, 0.1) is 13.3 Å². The Labute approximate surface area is 137 Å². The van der Waals surface area contributed by atoms with Gasteiger partial charge in [0.2, 0.25) is 0 Å². The van der Waals surface area contributed by atoms with E-state index in [2.05, 4.69) is 31.8 Å². The third-order valence-corrected chi connectivity index (χ3v) is 3.52. The summed E-state index contributed by atoms with van der Waals surface area (Å²) in [4.78, 5) is 0. The van der Waals surface area contributed by atoms with Crippen LogP contribution in [0, 0.1) is 0 Å². The number of para-hydroxylation sites is 1. The van der Waals surface area contributed by atoms with Crippen LogP contribution in [-0.4, -0.2) is 18.4 Å². The van der Waals surface area contributed by atoms with E-state index in [9.17, 15) is 0 Å². The Morgan fingerprint density at radius 3 is 2.71 bits per heavy atom. The van der Waals surface area contributed by atoms with Crippen LogP contribution in [0.1, 0.15) is 5.56 Å². The van der Waals surface area contributed by atoms with Gasteiger partial charge in [0.1, 0.15) is 5.75 Å². The van der Waals surface area contributed by atoms with Crippen molar-refractivity contribution in [3.63, 3.8) is 0 Å². The SMILES string of the molecule is COc1ccc(Br)c(/C=N\NC(=S)Nc2ccccc2)c1. The van der Waals surface area contributed by atoms with Crippen LogP contribution in [0.4, 0.5) is 5.69 Å². The molecule has 0 atom stereocenters. The molecule has 0 saturated carbocycles. The maximum Gasteiger partial charge on any atom is 0.191 e. The smallest absolute Gasteiger partial charge is 0.191 e. The van der Waals surface area contributed by atoms with Crippen LogP contribution < -0.4 is 15.5 Å². The lowest BCUT2D eigenvalue weighted by atomic mass is 10.2. The number of benzene rings is 2. The highest BCUT2D eigenvalue weighted by Gasteiger charge is 2.00. The molecule has 108 valence electrons. The summed E-state index contributed by atoms with van der Waals surface area (Å²) in [5.41, 5.74) is 4.58. The molecule has 21 heavy (non-hydrogen) atoms. The van der Waals surface area contributed by atoms with Gasteiger partial charge in [-0.15, -0.1) is 0 Å². The van der Waals surface area contributed by atoms with Crippen LogP contribution >= 0.6 is 28.1 Å². The van der Waals surface area contributed by atoms with Crippen LogP contribution in [0.2, 0.25) is 0 Å². The van der Waals surface area contributed by atoms with Crippen molar-refractivity contribution in [3.8, 4) is 5.75 Å². The van der Waals surface area contributed by atoms with Crippen molar-refractivity contribution in [3.05, 3.63) is 58.6 Å². The molecule has 0 aliphatic heterocycles. The normalized spacial score (nSPS) is 10.4. The number of nitrogens with zero attached hydrogens (tertiary/aromatic N) is 1. The molecule has 6 heteroatoms. The average molecular weight is 364 g/mol. The molecule has 0 aromatic heterocycles. The molecule has 0 radical (unpaired) electrons. The van der Waals surface area contributed by atoms with Crippen molar-refractivity contribution in [1.82, 2.24) is 5.43 Å². The zero-order valence-corrected chi connectivity index (χ0v) is 13.7. The quantitative estimate of drug-likeness (QED) is 0.493. The zero-order chi connectivity index (χ0) is 15.1. The standard InChI is InChI=1S/C15H14BrN3OS/c1-20-13-7-8-14(16)11(9-13)10-17-19-15(21)18-12-5-3-2-4-6-12/h2-10H,1H3,(H2,18,19,21)/b17-10-. The molecule has 0 amide bonds. The van der Waals surface area contributed by atoms with E-state index >= 15 is 0 Å². The Bertz CT molecular complexity index is 647.